The first-order chi connectivity index (χ1) is 8.58. The summed E-state index contributed by atoms with van der Waals surface area (Å²) in [5, 5.41) is 3.95. The third-order valence-corrected chi connectivity index (χ3v) is 3.83. The summed E-state index contributed by atoms with van der Waals surface area (Å²) in [7, 11) is 0. The van der Waals surface area contributed by atoms with E-state index in [-0.39, 0.29) is 11.9 Å². The Morgan fingerprint density at radius 1 is 1.39 bits per heavy atom. The van der Waals surface area contributed by atoms with Crippen LogP contribution in [0.5, 0.6) is 0 Å². The number of aromatic nitrogens is 2. The van der Waals surface area contributed by atoms with E-state index in [1.807, 2.05) is 20.8 Å². The van der Waals surface area contributed by atoms with Crippen LogP contribution >= 0.6 is 11.3 Å². The van der Waals surface area contributed by atoms with Crippen molar-refractivity contribution >= 4 is 17.2 Å². The van der Waals surface area contributed by atoms with Crippen LogP contribution in [0.15, 0.2) is 24.4 Å². The van der Waals surface area contributed by atoms with Crippen LogP contribution < -0.4 is 5.32 Å². The van der Waals surface area contributed by atoms with Crippen LogP contribution in [0.2, 0.25) is 0 Å². The van der Waals surface area contributed by atoms with Gasteiger partial charge in [-0.15, -0.1) is 11.3 Å². The van der Waals surface area contributed by atoms with E-state index < -0.39 is 0 Å². The first-order valence-corrected chi connectivity index (χ1v) is 6.55. The average molecular weight is 261 g/mol. The SMILES string of the molecule is Cc1nc(C)c(C(C)NC(=O)c2ccccn2)s1. The highest BCUT2D eigenvalue weighted by molar-refractivity contribution is 7.11. The molecule has 0 saturated carbocycles. The molecule has 0 saturated heterocycles. The van der Waals surface area contributed by atoms with Crippen molar-refractivity contribution in [2.75, 3.05) is 0 Å². The number of thiazole rings is 1. The van der Waals surface area contributed by atoms with Crippen molar-refractivity contribution in [3.05, 3.63) is 45.7 Å². The number of amides is 1. The Balaban J connectivity index is 2.10. The lowest BCUT2D eigenvalue weighted by molar-refractivity contribution is 0.0935. The first kappa shape index (κ1) is 12.7. The summed E-state index contributed by atoms with van der Waals surface area (Å²) in [6.45, 7) is 5.89. The van der Waals surface area contributed by atoms with Crippen molar-refractivity contribution in [1.29, 1.82) is 0 Å². The molecule has 0 spiro atoms. The normalized spacial score (nSPS) is 12.2. The molecule has 0 aliphatic heterocycles. The number of pyridine rings is 1. The molecule has 0 aromatic carbocycles. The molecule has 0 aliphatic carbocycles. The van der Waals surface area contributed by atoms with Gasteiger partial charge in [-0.25, -0.2) is 4.98 Å². The van der Waals surface area contributed by atoms with Crippen LogP contribution in [0.1, 0.15) is 39.0 Å². The molecular formula is C13H15N3OS. The zero-order valence-electron chi connectivity index (χ0n) is 10.6. The van der Waals surface area contributed by atoms with E-state index in [2.05, 4.69) is 15.3 Å². The number of nitrogens with zero attached hydrogens (tertiary/aromatic N) is 2. The van der Waals surface area contributed by atoms with E-state index in [1.165, 1.54) is 0 Å². The third-order valence-electron chi connectivity index (χ3n) is 2.58. The second-order valence-electron chi connectivity index (χ2n) is 4.09. The lowest BCUT2D eigenvalue weighted by Crippen LogP contribution is -2.27. The van der Waals surface area contributed by atoms with Gasteiger partial charge in [0.2, 0.25) is 0 Å². The Bertz CT molecular complexity index is 551. The molecule has 0 radical (unpaired) electrons. The van der Waals surface area contributed by atoms with Crippen molar-refractivity contribution in [2.45, 2.75) is 26.8 Å². The zero-order valence-corrected chi connectivity index (χ0v) is 11.4. The summed E-state index contributed by atoms with van der Waals surface area (Å²) < 4.78 is 0. The van der Waals surface area contributed by atoms with Crippen molar-refractivity contribution in [2.24, 2.45) is 0 Å². The number of nitrogens with one attached hydrogen (secondary N) is 1. The second-order valence-corrected chi connectivity index (χ2v) is 5.33. The van der Waals surface area contributed by atoms with Crippen LogP contribution in [-0.4, -0.2) is 15.9 Å². The minimum atomic E-state index is -0.159. The number of carbonyl (C=O) groups is 1. The topological polar surface area (TPSA) is 54.9 Å². The highest BCUT2D eigenvalue weighted by Crippen LogP contribution is 2.24. The fraction of sp³-hybridized carbons (Fsp3) is 0.308. The second kappa shape index (κ2) is 5.27. The van der Waals surface area contributed by atoms with Crippen LogP contribution in [0, 0.1) is 13.8 Å². The van der Waals surface area contributed by atoms with Crippen LogP contribution in [-0.2, 0) is 0 Å². The Kier molecular flexibility index (Phi) is 3.72. The maximum Gasteiger partial charge on any atom is 0.270 e. The summed E-state index contributed by atoms with van der Waals surface area (Å²) in [6.07, 6.45) is 1.61. The molecule has 2 aromatic heterocycles. The predicted octanol–water partition coefficient (Wildman–Crippen LogP) is 2.65. The fourth-order valence-corrected chi connectivity index (χ4v) is 2.71. The maximum atomic E-state index is 12.0. The minimum absolute atomic E-state index is 0.0503. The van der Waals surface area contributed by atoms with Gasteiger partial charge in [-0.05, 0) is 32.9 Å². The van der Waals surface area contributed by atoms with Crippen molar-refractivity contribution in [3.8, 4) is 0 Å². The van der Waals surface area contributed by atoms with E-state index in [0.29, 0.717) is 5.69 Å². The Morgan fingerprint density at radius 2 is 2.17 bits per heavy atom. The van der Waals surface area contributed by atoms with E-state index in [4.69, 9.17) is 0 Å². The lowest BCUT2D eigenvalue weighted by atomic mass is 10.2. The van der Waals surface area contributed by atoms with Gasteiger partial charge in [0.1, 0.15) is 5.69 Å². The van der Waals surface area contributed by atoms with Crippen molar-refractivity contribution in [1.82, 2.24) is 15.3 Å². The van der Waals surface area contributed by atoms with Gasteiger partial charge < -0.3 is 5.32 Å². The molecule has 5 heteroatoms. The van der Waals surface area contributed by atoms with Gasteiger partial charge in [-0.2, -0.15) is 0 Å². The number of rotatable bonds is 3. The van der Waals surface area contributed by atoms with E-state index in [0.717, 1.165) is 15.6 Å². The molecule has 1 atom stereocenters. The first-order valence-electron chi connectivity index (χ1n) is 5.73. The van der Waals surface area contributed by atoms with E-state index >= 15 is 0 Å². The highest BCUT2D eigenvalue weighted by atomic mass is 32.1. The molecule has 2 aromatic rings. The summed E-state index contributed by atoms with van der Waals surface area (Å²) >= 11 is 1.61. The van der Waals surface area contributed by atoms with Gasteiger partial charge in [0.15, 0.2) is 0 Å². The molecule has 2 heterocycles. The standard InChI is InChI=1S/C13H15N3OS/c1-8-12(18-10(3)15-8)9(2)16-13(17)11-6-4-5-7-14-11/h4-7,9H,1-3H3,(H,16,17). The van der Waals surface area contributed by atoms with Crippen LogP contribution in [0.4, 0.5) is 0 Å². The summed E-state index contributed by atoms with van der Waals surface area (Å²) in [5.41, 5.74) is 1.41. The predicted molar refractivity (Wildman–Crippen MR) is 71.7 cm³/mol. The summed E-state index contributed by atoms with van der Waals surface area (Å²) in [4.78, 5) is 21.4. The van der Waals surface area contributed by atoms with Gasteiger partial charge >= 0.3 is 0 Å². The third kappa shape index (κ3) is 2.73. The van der Waals surface area contributed by atoms with Crippen molar-refractivity contribution in [3.63, 3.8) is 0 Å². The van der Waals surface area contributed by atoms with Gasteiger partial charge in [0, 0.05) is 11.1 Å². The number of hydrogen-bond donors (Lipinski definition) is 1. The van der Waals surface area contributed by atoms with Gasteiger partial charge in [0.05, 0.1) is 16.7 Å². The molecule has 18 heavy (non-hydrogen) atoms. The van der Waals surface area contributed by atoms with E-state index in [9.17, 15) is 4.79 Å². The quantitative estimate of drug-likeness (QED) is 0.924. The Morgan fingerprint density at radius 3 is 2.72 bits per heavy atom. The highest BCUT2D eigenvalue weighted by Gasteiger charge is 2.16. The molecule has 4 nitrogen and oxygen atoms in total. The minimum Gasteiger partial charge on any atom is -0.343 e. The summed E-state index contributed by atoms with van der Waals surface area (Å²) in [6, 6.07) is 5.24. The van der Waals surface area contributed by atoms with Gasteiger partial charge in [-0.1, -0.05) is 6.07 Å². The number of aryl methyl sites for hydroxylation is 2. The van der Waals surface area contributed by atoms with Crippen LogP contribution in [0.3, 0.4) is 0 Å². The Labute approximate surface area is 110 Å². The molecule has 2 rings (SSSR count). The average Bonchev–Trinajstić information content (AvgIpc) is 2.69. The monoisotopic (exact) mass is 261 g/mol. The number of carbonyl (C=O) groups excluding carboxylic acids is 1. The van der Waals surface area contributed by atoms with Gasteiger partial charge in [-0.3, -0.25) is 9.78 Å². The van der Waals surface area contributed by atoms with Gasteiger partial charge in [0.25, 0.3) is 5.91 Å². The maximum absolute atomic E-state index is 12.0. The summed E-state index contributed by atoms with van der Waals surface area (Å²) in [5.74, 6) is -0.159. The van der Waals surface area contributed by atoms with Crippen molar-refractivity contribution < 1.29 is 4.79 Å². The molecule has 0 bridgehead atoms. The molecule has 1 N–H and O–H groups in total. The van der Waals surface area contributed by atoms with E-state index in [1.54, 1.807) is 35.7 Å². The molecular weight excluding hydrogens is 246 g/mol. The largest absolute Gasteiger partial charge is 0.343 e. The molecule has 0 fully saturated rings. The smallest absolute Gasteiger partial charge is 0.270 e. The van der Waals surface area contributed by atoms with Crippen LogP contribution in [0.25, 0.3) is 0 Å². The zero-order chi connectivity index (χ0) is 13.1. The molecule has 1 unspecified atom stereocenters. The number of hydrogen-bond acceptors (Lipinski definition) is 4. The molecule has 0 aliphatic rings. The molecule has 1 amide bonds. The molecule has 94 valence electrons. The Hall–Kier alpha value is -1.75. The fourth-order valence-electron chi connectivity index (χ4n) is 1.78. The lowest BCUT2D eigenvalue weighted by Gasteiger charge is -2.12.